The molecule has 2 amide bonds. The van der Waals surface area contributed by atoms with Crippen LogP contribution in [-0.2, 0) is 9.59 Å². The number of hydrogen-bond acceptors (Lipinski definition) is 2. The van der Waals surface area contributed by atoms with Gasteiger partial charge in [0.25, 0.3) is 0 Å². The molecular formula is C14H16N2O2. The van der Waals surface area contributed by atoms with E-state index in [-0.39, 0.29) is 18.4 Å². The first-order valence-corrected chi connectivity index (χ1v) is 6.43. The highest BCUT2D eigenvalue weighted by Gasteiger charge is 2.29. The number of fused-ring (bicyclic) bond motifs is 1. The monoisotopic (exact) mass is 244 g/mol. The van der Waals surface area contributed by atoms with E-state index in [1.807, 2.05) is 24.3 Å². The lowest BCUT2D eigenvalue weighted by molar-refractivity contribution is -0.123. The van der Waals surface area contributed by atoms with Gasteiger partial charge in [-0.2, -0.15) is 0 Å². The van der Waals surface area contributed by atoms with Gasteiger partial charge in [-0.25, -0.2) is 0 Å². The lowest BCUT2D eigenvalue weighted by atomic mass is 9.82. The van der Waals surface area contributed by atoms with E-state index in [4.69, 9.17) is 0 Å². The van der Waals surface area contributed by atoms with Crippen molar-refractivity contribution in [3.63, 3.8) is 0 Å². The number of rotatable bonds is 2. The van der Waals surface area contributed by atoms with E-state index in [0.717, 1.165) is 24.2 Å². The number of nitrogens with one attached hydrogen (secondary N) is 1. The molecule has 0 aromatic heterocycles. The highest BCUT2D eigenvalue weighted by atomic mass is 16.2. The number of benzene rings is 1. The molecule has 1 N–H and O–H groups in total. The molecule has 0 saturated heterocycles. The summed E-state index contributed by atoms with van der Waals surface area (Å²) in [5.74, 6) is 0.479. The average Bonchev–Trinajstić information content (AvgIpc) is 2.32. The second-order valence-corrected chi connectivity index (χ2v) is 5.05. The van der Waals surface area contributed by atoms with E-state index in [1.165, 1.54) is 6.42 Å². The first-order valence-electron chi connectivity index (χ1n) is 6.43. The lowest BCUT2D eigenvalue weighted by Gasteiger charge is -2.32. The van der Waals surface area contributed by atoms with Crippen LogP contribution in [0.3, 0.4) is 0 Å². The fourth-order valence-electron chi connectivity index (χ4n) is 2.51. The highest BCUT2D eigenvalue weighted by molar-refractivity contribution is 6.09. The molecule has 0 radical (unpaired) electrons. The van der Waals surface area contributed by atoms with Crippen LogP contribution in [0.15, 0.2) is 24.3 Å². The van der Waals surface area contributed by atoms with Gasteiger partial charge in [-0.05, 0) is 30.9 Å². The van der Waals surface area contributed by atoms with Crippen LogP contribution in [0.25, 0.3) is 0 Å². The van der Waals surface area contributed by atoms with Crippen molar-refractivity contribution in [2.75, 3.05) is 16.8 Å². The van der Waals surface area contributed by atoms with E-state index in [1.54, 1.807) is 4.90 Å². The van der Waals surface area contributed by atoms with Gasteiger partial charge in [-0.3, -0.25) is 9.59 Å². The average molecular weight is 244 g/mol. The van der Waals surface area contributed by atoms with Crippen LogP contribution in [0, 0.1) is 5.92 Å². The third kappa shape index (κ3) is 1.98. The second-order valence-electron chi connectivity index (χ2n) is 5.05. The minimum absolute atomic E-state index is 0.0713. The van der Waals surface area contributed by atoms with Gasteiger partial charge >= 0.3 is 0 Å². The molecule has 1 heterocycles. The smallest absolute Gasteiger partial charge is 0.244 e. The van der Waals surface area contributed by atoms with Crippen molar-refractivity contribution in [3.05, 3.63) is 24.3 Å². The highest BCUT2D eigenvalue weighted by Crippen LogP contribution is 2.33. The fourth-order valence-corrected chi connectivity index (χ4v) is 2.51. The molecule has 1 aliphatic heterocycles. The molecule has 1 fully saturated rings. The molecule has 4 nitrogen and oxygen atoms in total. The Labute approximate surface area is 106 Å². The predicted molar refractivity (Wildman–Crippen MR) is 69.4 cm³/mol. The van der Waals surface area contributed by atoms with Crippen LogP contribution < -0.4 is 10.2 Å². The summed E-state index contributed by atoms with van der Waals surface area (Å²) in [5.41, 5.74) is 1.55. The number of para-hydroxylation sites is 2. The molecule has 3 rings (SSSR count). The van der Waals surface area contributed by atoms with Gasteiger partial charge in [0.1, 0.15) is 6.54 Å². The number of hydrogen-bond donors (Lipinski definition) is 1. The van der Waals surface area contributed by atoms with Crippen molar-refractivity contribution >= 4 is 23.2 Å². The molecule has 1 aromatic rings. The van der Waals surface area contributed by atoms with Crippen molar-refractivity contribution in [2.45, 2.75) is 25.7 Å². The Morgan fingerprint density at radius 1 is 1.33 bits per heavy atom. The molecule has 0 atom stereocenters. The van der Waals surface area contributed by atoms with Crippen LogP contribution in [0.2, 0.25) is 0 Å². The van der Waals surface area contributed by atoms with Gasteiger partial charge in [-0.1, -0.05) is 18.6 Å². The Bertz CT molecular complexity index is 494. The predicted octanol–water partition coefficient (Wildman–Crippen LogP) is 2.16. The summed E-state index contributed by atoms with van der Waals surface area (Å²) < 4.78 is 0. The number of carbonyl (C=O) groups excluding carboxylic acids is 2. The molecule has 0 spiro atoms. The zero-order valence-corrected chi connectivity index (χ0v) is 10.2. The molecule has 1 saturated carbocycles. The van der Waals surface area contributed by atoms with E-state index < -0.39 is 0 Å². The van der Waals surface area contributed by atoms with Crippen LogP contribution in [-0.4, -0.2) is 18.4 Å². The summed E-state index contributed by atoms with van der Waals surface area (Å²) in [7, 11) is 0. The number of carbonyl (C=O) groups is 2. The van der Waals surface area contributed by atoms with Crippen molar-refractivity contribution in [1.29, 1.82) is 0 Å². The second kappa shape index (κ2) is 4.44. The molecule has 2 aliphatic rings. The zero-order chi connectivity index (χ0) is 12.5. The first kappa shape index (κ1) is 11.3. The maximum Gasteiger partial charge on any atom is 0.244 e. The SMILES string of the molecule is O=C1CN(C(=O)CC2CCC2)c2ccccc2N1. The summed E-state index contributed by atoms with van der Waals surface area (Å²) >= 11 is 0. The zero-order valence-electron chi connectivity index (χ0n) is 10.2. The van der Waals surface area contributed by atoms with Crippen molar-refractivity contribution < 1.29 is 9.59 Å². The van der Waals surface area contributed by atoms with Crippen molar-refractivity contribution in [3.8, 4) is 0 Å². The molecular weight excluding hydrogens is 228 g/mol. The largest absolute Gasteiger partial charge is 0.323 e. The van der Waals surface area contributed by atoms with Crippen LogP contribution in [0.5, 0.6) is 0 Å². The molecule has 94 valence electrons. The Kier molecular flexibility index (Phi) is 2.78. The maximum atomic E-state index is 12.3. The summed E-state index contributed by atoms with van der Waals surface area (Å²) in [6, 6.07) is 7.46. The summed E-state index contributed by atoms with van der Waals surface area (Å²) in [6.45, 7) is 0.141. The molecule has 0 bridgehead atoms. The Hall–Kier alpha value is -1.84. The molecule has 0 unspecified atom stereocenters. The van der Waals surface area contributed by atoms with E-state index >= 15 is 0 Å². The number of nitrogens with zero attached hydrogens (tertiary/aromatic N) is 1. The Balaban J connectivity index is 1.82. The molecule has 1 aromatic carbocycles. The van der Waals surface area contributed by atoms with E-state index in [0.29, 0.717) is 12.3 Å². The van der Waals surface area contributed by atoms with Gasteiger partial charge in [-0.15, -0.1) is 0 Å². The van der Waals surface area contributed by atoms with Crippen LogP contribution in [0.4, 0.5) is 11.4 Å². The fraction of sp³-hybridized carbons (Fsp3) is 0.429. The molecule has 18 heavy (non-hydrogen) atoms. The summed E-state index contributed by atoms with van der Waals surface area (Å²) in [6.07, 6.45) is 4.09. The topological polar surface area (TPSA) is 49.4 Å². The number of amides is 2. The van der Waals surface area contributed by atoms with Gasteiger partial charge in [0.15, 0.2) is 0 Å². The van der Waals surface area contributed by atoms with Gasteiger partial charge in [0.05, 0.1) is 11.4 Å². The third-order valence-corrected chi connectivity index (χ3v) is 3.76. The van der Waals surface area contributed by atoms with Gasteiger partial charge in [0.2, 0.25) is 11.8 Å². The Morgan fingerprint density at radius 3 is 2.83 bits per heavy atom. The Morgan fingerprint density at radius 2 is 2.11 bits per heavy atom. The summed E-state index contributed by atoms with van der Waals surface area (Å²) in [5, 5.41) is 2.79. The van der Waals surface area contributed by atoms with E-state index in [9.17, 15) is 9.59 Å². The minimum Gasteiger partial charge on any atom is -0.323 e. The number of anilines is 2. The van der Waals surface area contributed by atoms with E-state index in [2.05, 4.69) is 5.32 Å². The van der Waals surface area contributed by atoms with Gasteiger partial charge in [0, 0.05) is 6.42 Å². The quantitative estimate of drug-likeness (QED) is 0.866. The van der Waals surface area contributed by atoms with Crippen molar-refractivity contribution in [1.82, 2.24) is 0 Å². The van der Waals surface area contributed by atoms with Gasteiger partial charge < -0.3 is 10.2 Å². The molecule has 1 aliphatic carbocycles. The maximum absolute atomic E-state index is 12.3. The summed E-state index contributed by atoms with van der Waals surface area (Å²) in [4.78, 5) is 25.5. The standard InChI is InChI=1S/C14H16N2O2/c17-13-9-16(14(18)8-10-4-3-5-10)12-7-2-1-6-11(12)15-13/h1-2,6-7,10H,3-5,8-9H2,(H,15,17). The van der Waals surface area contributed by atoms with Crippen molar-refractivity contribution in [2.24, 2.45) is 5.92 Å². The lowest BCUT2D eigenvalue weighted by Crippen LogP contribution is -2.43. The van der Waals surface area contributed by atoms with Crippen LogP contribution in [0.1, 0.15) is 25.7 Å². The minimum atomic E-state index is -0.115. The normalized spacial score (nSPS) is 18.9. The first-order chi connectivity index (χ1) is 8.74. The molecule has 4 heteroatoms. The van der Waals surface area contributed by atoms with Crippen LogP contribution >= 0.6 is 0 Å². The third-order valence-electron chi connectivity index (χ3n) is 3.76.